The molecule has 1 amide bonds. The number of para-hydroxylation sites is 1. The summed E-state index contributed by atoms with van der Waals surface area (Å²) in [5, 5.41) is 2.93. The topological polar surface area (TPSA) is 38.3 Å². The van der Waals surface area contributed by atoms with Crippen molar-refractivity contribution in [3.05, 3.63) is 59.2 Å². The van der Waals surface area contributed by atoms with Crippen LogP contribution in [0.5, 0.6) is 5.75 Å². The zero-order chi connectivity index (χ0) is 16.9. The van der Waals surface area contributed by atoms with Crippen LogP contribution in [0.15, 0.2) is 42.5 Å². The van der Waals surface area contributed by atoms with Crippen molar-refractivity contribution in [2.45, 2.75) is 18.4 Å². The highest BCUT2D eigenvalue weighted by Crippen LogP contribution is 2.45. The van der Waals surface area contributed by atoms with Crippen molar-refractivity contribution in [2.24, 2.45) is 0 Å². The second-order valence-electron chi connectivity index (χ2n) is 5.75. The van der Waals surface area contributed by atoms with Crippen LogP contribution in [0.4, 0.5) is 5.69 Å². The summed E-state index contributed by atoms with van der Waals surface area (Å²) in [5.74, 6) is 3.01. The molecule has 0 aliphatic carbocycles. The Morgan fingerprint density at radius 1 is 1.08 bits per heavy atom. The van der Waals surface area contributed by atoms with E-state index >= 15 is 0 Å². The molecule has 1 aliphatic rings. The van der Waals surface area contributed by atoms with Gasteiger partial charge in [0, 0.05) is 17.2 Å². The fraction of sp³-hybridized carbons (Fsp3) is 0.316. The minimum Gasteiger partial charge on any atom is -0.484 e. The van der Waals surface area contributed by atoms with Crippen molar-refractivity contribution in [3.8, 4) is 5.75 Å². The van der Waals surface area contributed by atoms with Crippen molar-refractivity contribution < 1.29 is 9.53 Å². The van der Waals surface area contributed by atoms with Crippen molar-refractivity contribution in [3.63, 3.8) is 0 Å². The van der Waals surface area contributed by atoms with Gasteiger partial charge in [-0.05, 0) is 42.7 Å². The maximum absolute atomic E-state index is 12.1. The third-order valence-electron chi connectivity index (χ3n) is 3.89. The van der Waals surface area contributed by atoms with Crippen LogP contribution in [0.1, 0.15) is 21.3 Å². The van der Waals surface area contributed by atoms with Crippen molar-refractivity contribution in [1.82, 2.24) is 0 Å². The molecule has 126 valence electrons. The number of thioether (sulfide) groups is 2. The number of aryl methyl sites for hydroxylation is 2. The van der Waals surface area contributed by atoms with Gasteiger partial charge in [0.1, 0.15) is 5.75 Å². The summed E-state index contributed by atoms with van der Waals surface area (Å²) >= 11 is 3.96. The first-order valence-corrected chi connectivity index (χ1v) is 10.1. The Labute approximate surface area is 151 Å². The van der Waals surface area contributed by atoms with Crippen LogP contribution < -0.4 is 10.1 Å². The largest absolute Gasteiger partial charge is 0.484 e. The quantitative estimate of drug-likeness (QED) is 0.832. The number of anilines is 1. The van der Waals surface area contributed by atoms with Gasteiger partial charge in [-0.15, -0.1) is 23.5 Å². The van der Waals surface area contributed by atoms with E-state index in [1.807, 2.05) is 67.7 Å². The van der Waals surface area contributed by atoms with Gasteiger partial charge in [0.2, 0.25) is 0 Å². The number of amides is 1. The lowest BCUT2D eigenvalue weighted by Gasteiger charge is -2.13. The van der Waals surface area contributed by atoms with Crippen LogP contribution in [0.25, 0.3) is 0 Å². The lowest BCUT2D eigenvalue weighted by atomic mass is 10.1. The fourth-order valence-corrected chi connectivity index (χ4v) is 5.47. The Balaban J connectivity index is 1.54. The van der Waals surface area contributed by atoms with Crippen LogP contribution in [0.2, 0.25) is 0 Å². The zero-order valence-electron chi connectivity index (χ0n) is 13.9. The van der Waals surface area contributed by atoms with Gasteiger partial charge in [0.25, 0.3) is 5.91 Å². The Morgan fingerprint density at radius 2 is 1.71 bits per heavy atom. The molecule has 0 saturated carbocycles. The number of hydrogen-bond donors (Lipinski definition) is 1. The predicted octanol–water partition coefficient (Wildman–Crippen LogP) is 4.80. The molecule has 2 aromatic carbocycles. The van der Waals surface area contributed by atoms with Gasteiger partial charge in [-0.3, -0.25) is 4.79 Å². The molecule has 0 aromatic heterocycles. The van der Waals surface area contributed by atoms with Crippen LogP contribution in [-0.2, 0) is 4.79 Å². The molecule has 1 heterocycles. The number of hydrogen-bond acceptors (Lipinski definition) is 4. The Hall–Kier alpha value is -1.59. The summed E-state index contributed by atoms with van der Waals surface area (Å²) in [6.45, 7) is 3.99. The smallest absolute Gasteiger partial charge is 0.262 e. The van der Waals surface area contributed by atoms with E-state index < -0.39 is 0 Å². The minimum absolute atomic E-state index is 0.0139. The Kier molecular flexibility index (Phi) is 5.74. The third-order valence-corrected chi connectivity index (χ3v) is 6.99. The van der Waals surface area contributed by atoms with Gasteiger partial charge < -0.3 is 10.1 Å². The van der Waals surface area contributed by atoms with Gasteiger partial charge in [-0.2, -0.15) is 0 Å². The summed E-state index contributed by atoms with van der Waals surface area (Å²) < 4.78 is 6.15. The van der Waals surface area contributed by atoms with E-state index in [-0.39, 0.29) is 12.5 Å². The van der Waals surface area contributed by atoms with Gasteiger partial charge >= 0.3 is 0 Å². The molecule has 1 saturated heterocycles. The molecular formula is C19H21NO2S2. The van der Waals surface area contributed by atoms with Crippen LogP contribution in [0.3, 0.4) is 0 Å². The highest BCUT2D eigenvalue weighted by atomic mass is 32.2. The highest BCUT2D eigenvalue weighted by Gasteiger charge is 2.18. The Morgan fingerprint density at radius 3 is 2.33 bits per heavy atom. The average Bonchev–Trinajstić information content (AvgIpc) is 3.11. The summed E-state index contributed by atoms with van der Waals surface area (Å²) in [6, 6.07) is 14.0. The number of carbonyl (C=O) groups excluding carboxylic acids is 1. The number of nitrogens with one attached hydrogen (secondary N) is 1. The molecular weight excluding hydrogens is 338 g/mol. The van der Waals surface area contributed by atoms with E-state index in [4.69, 9.17) is 4.74 Å². The zero-order valence-corrected chi connectivity index (χ0v) is 15.5. The number of carbonyl (C=O) groups is 1. The first kappa shape index (κ1) is 17.2. The maximum Gasteiger partial charge on any atom is 0.262 e. The number of rotatable bonds is 5. The summed E-state index contributed by atoms with van der Waals surface area (Å²) in [6.07, 6.45) is 0. The van der Waals surface area contributed by atoms with Gasteiger partial charge in [-0.1, -0.05) is 30.3 Å². The molecule has 2 aromatic rings. The lowest BCUT2D eigenvalue weighted by molar-refractivity contribution is -0.118. The molecule has 1 fully saturated rings. The van der Waals surface area contributed by atoms with Crippen LogP contribution in [-0.4, -0.2) is 24.0 Å². The second kappa shape index (κ2) is 7.99. The molecule has 5 heteroatoms. The van der Waals surface area contributed by atoms with E-state index in [0.29, 0.717) is 4.58 Å². The first-order chi connectivity index (χ1) is 11.6. The molecule has 0 atom stereocenters. The predicted molar refractivity (Wildman–Crippen MR) is 104 cm³/mol. The normalized spacial score (nSPS) is 14.6. The Bertz CT molecular complexity index is 690. The average molecular weight is 360 g/mol. The molecule has 3 nitrogen and oxygen atoms in total. The van der Waals surface area contributed by atoms with Crippen molar-refractivity contribution in [1.29, 1.82) is 0 Å². The summed E-state index contributed by atoms with van der Waals surface area (Å²) in [4.78, 5) is 12.1. The summed E-state index contributed by atoms with van der Waals surface area (Å²) in [7, 11) is 0. The van der Waals surface area contributed by atoms with Crippen LogP contribution in [0, 0.1) is 13.8 Å². The van der Waals surface area contributed by atoms with Gasteiger partial charge in [-0.25, -0.2) is 0 Å². The first-order valence-electron chi connectivity index (χ1n) is 7.95. The minimum atomic E-state index is -0.140. The molecule has 0 radical (unpaired) electrons. The van der Waals surface area contributed by atoms with E-state index in [0.717, 1.165) is 22.6 Å². The monoisotopic (exact) mass is 359 g/mol. The SMILES string of the molecule is Cc1cccc(C)c1NC(=O)COc1ccc(C2SCCS2)cc1. The van der Waals surface area contributed by atoms with Gasteiger partial charge in [0.15, 0.2) is 6.61 Å². The molecule has 0 spiro atoms. The van der Waals surface area contributed by atoms with Crippen molar-refractivity contribution >= 4 is 35.1 Å². The molecule has 0 unspecified atom stereocenters. The third kappa shape index (κ3) is 4.28. The molecule has 0 bridgehead atoms. The standard InChI is InChI=1S/C19H21NO2S2/c1-13-4-3-5-14(2)18(13)20-17(21)12-22-16-8-6-15(7-9-16)19-23-10-11-24-19/h3-9,19H,10-12H2,1-2H3,(H,20,21). The molecule has 1 N–H and O–H groups in total. The summed E-state index contributed by atoms with van der Waals surface area (Å²) in [5.41, 5.74) is 4.30. The van der Waals surface area contributed by atoms with E-state index in [2.05, 4.69) is 17.4 Å². The van der Waals surface area contributed by atoms with Crippen molar-refractivity contribution in [2.75, 3.05) is 23.4 Å². The molecule has 3 rings (SSSR count). The maximum atomic E-state index is 12.1. The lowest BCUT2D eigenvalue weighted by Crippen LogP contribution is -2.21. The highest BCUT2D eigenvalue weighted by molar-refractivity contribution is 8.19. The number of benzene rings is 2. The van der Waals surface area contributed by atoms with Gasteiger partial charge in [0.05, 0.1) is 4.58 Å². The van der Waals surface area contributed by atoms with E-state index in [1.54, 1.807) is 0 Å². The van der Waals surface area contributed by atoms with Crippen LogP contribution >= 0.6 is 23.5 Å². The van der Waals surface area contributed by atoms with E-state index in [1.165, 1.54) is 17.1 Å². The molecule has 1 aliphatic heterocycles. The number of ether oxygens (including phenoxy) is 1. The second-order valence-corrected chi connectivity index (χ2v) is 8.47. The van der Waals surface area contributed by atoms with E-state index in [9.17, 15) is 4.79 Å². The molecule has 24 heavy (non-hydrogen) atoms. The fourth-order valence-electron chi connectivity index (χ4n) is 2.61.